The van der Waals surface area contributed by atoms with E-state index in [1.54, 1.807) is 0 Å². The molecule has 0 aromatic heterocycles. The van der Waals surface area contributed by atoms with Crippen molar-refractivity contribution in [2.45, 2.75) is 19.9 Å². The Balaban J connectivity index is 1.66. The normalized spacial score (nSPS) is 13.5. The molecule has 23 heavy (non-hydrogen) atoms. The van der Waals surface area contributed by atoms with Gasteiger partial charge in [0, 0.05) is 10.7 Å². The molecule has 0 radical (unpaired) electrons. The van der Waals surface area contributed by atoms with Crippen molar-refractivity contribution >= 4 is 34.6 Å². The molecule has 1 aliphatic rings. The minimum absolute atomic E-state index is 0.0315. The zero-order valence-electron chi connectivity index (χ0n) is 12.9. The topological polar surface area (TPSA) is 42.5 Å². The molecule has 0 bridgehead atoms. The summed E-state index contributed by atoms with van der Waals surface area (Å²) in [5.41, 5.74) is 2.93. The SMILES string of the molecule is Cc1c(Cl)cccc1NC(=S)NC(C)c1ccc2c(c1)OCO2. The molecule has 2 N–H and O–H groups in total. The van der Waals surface area contributed by atoms with E-state index >= 15 is 0 Å². The van der Waals surface area contributed by atoms with Crippen molar-refractivity contribution in [1.82, 2.24) is 5.32 Å². The molecule has 0 amide bonds. The van der Waals surface area contributed by atoms with Crippen molar-refractivity contribution < 1.29 is 9.47 Å². The van der Waals surface area contributed by atoms with E-state index in [0.717, 1.165) is 28.3 Å². The molecule has 0 saturated carbocycles. The molecule has 0 spiro atoms. The van der Waals surface area contributed by atoms with Gasteiger partial charge in [0.25, 0.3) is 0 Å². The average molecular weight is 349 g/mol. The Bertz CT molecular complexity index is 751. The van der Waals surface area contributed by atoms with Crippen LogP contribution in [0.25, 0.3) is 0 Å². The highest BCUT2D eigenvalue weighted by molar-refractivity contribution is 7.80. The van der Waals surface area contributed by atoms with Gasteiger partial charge in [-0.1, -0.05) is 23.7 Å². The fourth-order valence-electron chi connectivity index (χ4n) is 2.36. The Morgan fingerprint density at radius 3 is 2.83 bits per heavy atom. The second-order valence-corrected chi connectivity index (χ2v) is 6.16. The smallest absolute Gasteiger partial charge is 0.231 e. The summed E-state index contributed by atoms with van der Waals surface area (Å²) in [5.74, 6) is 1.54. The van der Waals surface area contributed by atoms with Gasteiger partial charge in [-0.2, -0.15) is 0 Å². The third-order valence-electron chi connectivity index (χ3n) is 3.76. The Hall–Kier alpha value is -1.98. The number of benzene rings is 2. The van der Waals surface area contributed by atoms with Gasteiger partial charge in [0.05, 0.1) is 6.04 Å². The first kappa shape index (κ1) is 15.9. The molecule has 2 aromatic rings. The van der Waals surface area contributed by atoms with Crippen LogP contribution in [0.5, 0.6) is 11.5 Å². The average Bonchev–Trinajstić information content (AvgIpc) is 2.99. The molecule has 2 aromatic carbocycles. The van der Waals surface area contributed by atoms with Crippen molar-refractivity contribution in [3.8, 4) is 11.5 Å². The maximum absolute atomic E-state index is 6.12. The molecule has 6 heteroatoms. The highest BCUT2D eigenvalue weighted by atomic mass is 35.5. The molecule has 1 unspecified atom stereocenters. The summed E-state index contributed by atoms with van der Waals surface area (Å²) < 4.78 is 10.7. The largest absolute Gasteiger partial charge is 0.454 e. The fraction of sp³-hybridized carbons (Fsp3) is 0.235. The molecule has 1 atom stereocenters. The van der Waals surface area contributed by atoms with E-state index in [9.17, 15) is 0 Å². The predicted octanol–water partition coefficient (Wildman–Crippen LogP) is 4.42. The standard InChI is InChI=1S/C17H17ClN2O2S/c1-10-13(18)4-3-5-14(10)20-17(23)19-11(2)12-6-7-15-16(8-12)22-9-21-15/h3-8,11H,9H2,1-2H3,(H2,19,20,23). The van der Waals surface area contributed by atoms with E-state index in [4.69, 9.17) is 33.3 Å². The Morgan fingerprint density at radius 1 is 1.22 bits per heavy atom. The maximum atomic E-state index is 6.12. The lowest BCUT2D eigenvalue weighted by molar-refractivity contribution is 0.174. The second-order valence-electron chi connectivity index (χ2n) is 5.35. The van der Waals surface area contributed by atoms with E-state index in [-0.39, 0.29) is 12.8 Å². The van der Waals surface area contributed by atoms with Crippen molar-refractivity contribution in [3.05, 3.63) is 52.5 Å². The molecule has 0 fully saturated rings. The Kier molecular flexibility index (Phi) is 4.59. The number of hydrogen-bond acceptors (Lipinski definition) is 3. The van der Waals surface area contributed by atoms with Gasteiger partial charge in [-0.3, -0.25) is 0 Å². The third kappa shape index (κ3) is 3.51. The summed E-state index contributed by atoms with van der Waals surface area (Å²) in [6.07, 6.45) is 0. The number of nitrogens with one attached hydrogen (secondary N) is 2. The zero-order valence-corrected chi connectivity index (χ0v) is 14.4. The number of fused-ring (bicyclic) bond motifs is 1. The number of rotatable bonds is 3. The number of hydrogen-bond donors (Lipinski definition) is 2. The van der Waals surface area contributed by atoms with E-state index in [1.807, 2.05) is 50.2 Å². The predicted molar refractivity (Wildman–Crippen MR) is 96.5 cm³/mol. The van der Waals surface area contributed by atoms with Crippen molar-refractivity contribution in [1.29, 1.82) is 0 Å². The lowest BCUT2D eigenvalue weighted by Gasteiger charge is -2.18. The molecule has 4 nitrogen and oxygen atoms in total. The van der Waals surface area contributed by atoms with Crippen LogP contribution in [0.4, 0.5) is 5.69 Å². The van der Waals surface area contributed by atoms with Crippen molar-refractivity contribution in [3.63, 3.8) is 0 Å². The minimum Gasteiger partial charge on any atom is -0.454 e. The number of thiocarbonyl (C=S) groups is 1. The molecule has 3 rings (SSSR count). The lowest BCUT2D eigenvalue weighted by atomic mass is 10.1. The number of ether oxygens (including phenoxy) is 2. The monoisotopic (exact) mass is 348 g/mol. The number of anilines is 1. The van der Waals surface area contributed by atoms with E-state index in [2.05, 4.69) is 10.6 Å². The third-order valence-corrected chi connectivity index (χ3v) is 4.39. The van der Waals surface area contributed by atoms with Gasteiger partial charge in [0.1, 0.15) is 0 Å². The van der Waals surface area contributed by atoms with Crippen LogP contribution in [0.15, 0.2) is 36.4 Å². The molecular weight excluding hydrogens is 332 g/mol. The van der Waals surface area contributed by atoms with Gasteiger partial charge >= 0.3 is 0 Å². The van der Waals surface area contributed by atoms with Crippen LogP contribution >= 0.6 is 23.8 Å². The first-order valence-electron chi connectivity index (χ1n) is 7.27. The van der Waals surface area contributed by atoms with Gasteiger partial charge in [-0.15, -0.1) is 0 Å². The summed E-state index contributed by atoms with van der Waals surface area (Å²) >= 11 is 11.5. The minimum atomic E-state index is 0.0315. The van der Waals surface area contributed by atoms with Gasteiger partial charge in [0.15, 0.2) is 16.6 Å². The summed E-state index contributed by atoms with van der Waals surface area (Å²) in [6.45, 7) is 4.26. The molecule has 1 heterocycles. The summed E-state index contributed by atoms with van der Waals surface area (Å²) in [4.78, 5) is 0. The highest BCUT2D eigenvalue weighted by Gasteiger charge is 2.16. The van der Waals surface area contributed by atoms with E-state index < -0.39 is 0 Å². The van der Waals surface area contributed by atoms with Gasteiger partial charge in [-0.25, -0.2) is 0 Å². The highest BCUT2D eigenvalue weighted by Crippen LogP contribution is 2.34. The fourth-order valence-corrected chi connectivity index (χ4v) is 2.82. The van der Waals surface area contributed by atoms with Crippen molar-refractivity contribution in [2.24, 2.45) is 0 Å². The number of halogens is 1. The van der Waals surface area contributed by atoms with Crippen LogP contribution in [-0.2, 0) is 0 Å². The summed E-state index contributed by atoms with van der Waals surface area (Å²) in [5, 5.41) is 7.70. The van der Waals surface area contributed by atoms with Gasteiger partial charge in [-0.05, 0) is 61.5 Å². The maximum Gasteiger partial charge on any atom is 0.231 e. The first-order chi connectivity index (χ1) is 11.0. The van der Waals surface area contributed by atoms with Crippen LogP contribution in [0.1, 0.15) is 24.1 Å². The van der Waals surface area contributed by atoms with Crippen LogP contribution in [0.3, 0.4) is 0 Å². The Morgan fingerprint density at radius 2 is 2.00 bits per heavy atom. The molecule has 0 aliphatic carbocycles. The second kappa shape index (κ2) is 6.64. The van der Waals surface area contributed by atoms with Crippen LogP contribution in [0, 0.1) is 6.92 Å². The van der Waals surface area contributed by atoms with E-state index in [1.165, 1.54) is 0 Å². The van der Waals surface area contributed by atoms with E-state index in [0.29, 0.717) is 10.1 Å². The van der Waals surface area contributed by atoms with Crippen LogP contribution in [0.2, 0.25) is 5.02 Å². The quantitative estimate of drug-likeness (QED) is 0.803. The van der Waals surface area contributed by atoms with Gasteiger partial charge < -0.3 is 20.1 Å². The Labute approximate surface area is 145 Å². The molecule has 120 valence electrons. The molecular formula is C17H17ClN2O2S. The van der Waals surface area contributed by atoms with Crippen LogP contribution < -0.4 is 20.1 Å². The van der Waals surface area contributed by atoms with Crippen LogP contribution in [-0.4, -0.2) is 11.9 Å². The molecule has 1 aliphatic heterocycles. The first-order valence-corrected chi connectivity index (χ1v) is 8.05. The lowest BCUT2D eigenvalue weighted by Crippen LogP contribution is -2.31. The van der Waals surface area contributed by atoms with Crippen molar-refractivity contribution in [2.75, 3.05) is 12.1 Å². The molecule has 0 saturated heterocycles. The summed E-state index contributed by atoms with van der Waals surface area (Å²) in [7, 11) is 0. The zero-order chi connectivity index (χ0) is 16.4. The van der Waals surface area contributed by atoms with Gasteiger partial charge in [0.2, 0.25) is 6.79 Å². The summed E-state index contributed by atoms with van der Waals surface area (Å²) in [6, 6.07) is 11.6.